The van der Waals surface area contributed by atoms with Gasteiger partial charge in [-0.05, 0) is 36.9 Å². The summed E-state index contributed by atoms with van der Waals surface area (Å²) in [5.74, 6) is 0.883. The highest BCUT2D eigenvalue weighted by Gasteiger charge is 2.10. The zero-order valence-corrected chi connectivity index (χ0v) is 12.5. The third-order valence-corrected chi connectivity index (χ3v) is 3.81. The summed E-state index contributed by atoms with van der Waals surface area (Å²) >= 11 is 1.70. The topological polar surface area (TPSA) is 27.1 Å². The molecule has 0 unspecified atom stereocenters. The molecule has 1 aromatic carbocycles. The van der Waals surface area contributed by atoms with Gasteiger partial charge in [0.2, 0.25) is 0 Å². The van der Waals surface area contributed by atoms with Crippen LogP contribution in [0.1, 0.15) is 19.8 Å². The first-order chi connectivity index (χ1) is 9.30. The molecule has 0 atom stereocenters. The van der Waals surface area contributed by atoms with Crippen LogP contribution in [0.25, 0.3) is 11.3 Å². The number of rotatable bonds is 6. The molecule has 0 amide bonds. The molecule has 0 spiro atoms. The van der Waals surface area contributed by atoms with Crippen molar-refractivity contribution in [3.05, 3.63) is 30.5 Å². The van der Waals surface area contributed by atoms with Crippen molar-refractivity contribution < 1.29 is 4.74 Å². The standard InChI is InChI=1S/C15H20N2OS/c1-4-5-10-17-14(11-16-15(17)19-3)12-6-8-13(18-2)9-7-12/h6-9,11H,4-5,10H2,1-3H3. The van der Waals surface area contributed by atoms with Crippen LogP contribution in [-0.4, -0.2) is 22.9 Å². The molecule has 0 bridgehead atoms. The Labute approximate surface area is 119 Å². The molecular formula is C15H20N2OS. The van der Waals surface area contributed by atoms with E-state index < -0.39 is 0 Å². The van der Waals surface area contributed by atoms with Crippen LogP contribution < -0.4 is 4.74 Å². The number of nitrogens with zero attached hydrogens (tertiary/aromatic N) is 2. The fourth-order valence-corrected chi connectivity index (χ4v) is 2.61. The zero-order chi connectivity index (χ0) is 13.7. The lowest BCUT2D eigenvalue weighted by Crippen LogP contribution is -2.01. The molecule has 2 rings (SSSR count). The van der Waals surface area contributed by atoms with Crippen LogP contribution in [0.15, 0.2) is 35.6 Å². The smallest absolute Gasteiger partial charge is 0.168 e. The first-order valence-electron chi connectivity index (χ1n) is 6.54. The third-order valence-electron chi connectivity index (χ3n) is 3.12. The molecule has 1 aromatic heterocycles. The van der Waals surface area contributed by atoms with E-state index in [2.05, 4.69) is 34.9 Å². The Bertz CT molecular complexity index is 519. The highest BCUT2D eigenvalue weighted by atomic mass is 32.2. The maximum absolute atomic E-state index is 5.20. The summed E-state index contributed by atoms with van der Waals surface area (Å²) in [5, 5.41) is 1.08. The van der Waals surface area contributed by atoms with E-state index >= 15 is 0 Å². The van der Waals surface area contributed by atoms with Crippen molar-refractivity contribution in [2.45, 2.75) is 31.5 Å². The number of benzene rings is 1. The van der Waals surface area contributed by atoms with Crippen molar-refractivity contribution >= 4 is 11.8 Å². The second-order valence-electron chi connectivity index (χ2n) is 4.36. The normalized spacial score (nSPS) is 10.7. The monoisotopic (exact) mass is 276 g/mol. The number of unbranched alkanes of at least 4 members (excludes halogenated alkanes) is 1. The Balaban J connectivity index is 2.34. The van der Waals surface area contributed by atoms with Crippen LogP contribution in [-0.2, 0) is 6.54 Å². The predicted molar refractivity (Wildman–Crippen MR) is 80.9 cm³/mol. The summed E-state index contributed by atoms with van der Waals surface area (Å²) < 4.78 is 7.50. The number of ether oxygens (including phenoxy) is 1. The quantitative estimate of drug-likeness (QED) is 0.744. The number of thioether (sulfide) groups is 1. The van der Waals surface area contributed by atoms with E-state index in [1.165, 1.54) is 24.1 Å². The van der Waals surface area contributed by atoms with Gasteiger partial charge in [-0.2, -0.15) is 0 Å². The lowest BCUT2D eigenvalue weighted by atomic mass is 10.1. The van der Waals surface area contributed by atoms with E-state index in [9.17, 15) is 0 Å². The second-order valence-corrected chi connectivity index (χ2v) is 5.14. The Hall–Kier alpha value is -1.42. The Morgan fingerprint density at radius 1 is 1.26 bits per heavy atom. The van der Waals surface area contributed by atoms with E-state index in [1.807, 2.05) is 18.3 Å². The minimum Gasteiger partial charge on any atom is -0.497 e. The molecular weight excluding hydrogens is 256 g/mol. The molecule has 0 radical (unpaired) electrons. The van der Waals surface area contributed by atoms with E-state index in [0.29, 0.717) is 0 Å². The first-order valence-corrected chi connectivity index (χ1v) is 7.76. The summed E-state index contributed by atoms with van der Waals surface area (Å²) in [7, 11) is 1.69. The third kappa shape index (κ3) is 3.13. The van der Waals surface area contributed by atoms with Crippen molar-refractivity contribution in [1.29, 1.82) is 0 Å². The van der Waals surface area contributed by atoms with Gasteiger partial charge < -0.3 is 9.30 Å². The number of hydrogen-bond acceptors (Lipinski definition) is 3. The second kappa shape index (κ2) is 6.66. The van der Waals surface area contributed by atoms with Gasteiger partial charge in [0.1, 0.15) is 5.75 Å². The van der Waals surface area contributed by atoms with Crippen LogP contribution in [0.2, 0.25) is 0 Å². The van der Waals surface area contributed by atoms with E-state index in [1.54, 1.807) is 18.9 Å². The summed E-state index contributed by atoms with van der Waals surface area (Å²) in [6, 6.07) is 8.15. The van der Waals surface area contributed by atoms with Gasteiger partial charge in [-0.15, -0.1) is 0 Å². The van der Waals surface area contributed by atoms with Crippen molar-refractivity contribution in [3.63, 3.8) is 0 Å². The number of aromatic nitrogens is 2. The van der Waals surface area contributed by atoms with Gasteiger partial charge in [-0.1, -0.05) is 25.1 Å². The van der Waals surface area contributed by atoms with Crippen LogP contribution in [0.3, 0.4) is 0 Å². The zero-order valence-electron chi connectivity index (χ0n) is 11.7. The Morgan fingerprint density at radius 2 is 2.00 bits per heavy atom. The molecule has 3 nitrogen and oxygen atoms in total. The van der Waals surface area contributed by atoms with Crippen LogP contribution in [0.5, 0.6) is 5.75 Å². The SMILES string of the molecule is CCCCn1c(-c2ccc(OC)cc2)cnc1SC. The predicted octanol–water partition coefficient (Wildman–Crippen LogP) is 4.08. The van der Waals surface area contributed by atoms with Gasteiger partial charge in [0.25, 0.3) is 0 Å². The molecule has 1 heterocycles. The molecule has 2 aromatic rings. The van der Waals surface area contributed by atoms with Crippen LogP contribution in [0.4, 0.5) is 0 Å². The largest absolute Gasteiger partial charge is 0.497 e. The highest BCUT2D eigenvalue weighted by Crippen LogP contribution is 2.27. The molecule has 19 heavy (non-hydrogen) atoms. The van der Waals surface area contributed by atoms with Crippen molar-refractivity contribution in [1.82, 2.24) is 9.55 Å². The summed E-state index contributed by atoms with van der Waals surface area (Å²) in [4.78, 5) is 4.50. The number of methoxy groups -OCH3 is 1. The number of imidazole rings is 1. The van der Waals surface area contributed by atoms with Gasteiger partial charge in [0.15, 0.2) is 5.16 Å². The van der Waals surface area contributed by atoms with E-state index in [4.69, 9.17) is 4.74 Å². The number of hydrogen-bond donors (Lipinski definition) is 0. The maximum atomic E-state index is 5.20. The average molecular weight is 276 g/mol. The molecule has 0 fully saturated rings. The lowest BCUT2D eigenvalue weighted by molar-refractivity contribution is 0.415. The summed E-state index contributed by atoms with van der Waals surface area (Å²) in [6.07, 6.45) is 6.40. The Morgan fingerprint density at radius 3 is 2.58 bits per heavy atom. The molecule has 0 aliphatic heterocycles. The van der Waals surface area contributed by atoms with Gasteiger partial charge in [0, 0.05) is 12.1 Å². The highest BCUT2D eigenvalue weighted by molar-refractivity contribution is 7.98. The van der Waals surface area contributed by atoms with Gasteiger partial charge in [0.05, 0.1) is 19.0 Å². The molecule has 0 saturated carbocycles. The fourth-order valence-electron chi connectivity index (χ4n) is 2.05. The minimum atomic E-state index is 0.883. The van der Waals surface area contributed by atoms with E-state index in [-0.39, 0.29) is 0 Å². The van der Waals surface area contributed by atoms with Crippen molar-refractivity contribution in [2.75, 3.05) is 13.4 Å². The Kier molecular flexibility index (Phi) is 4.91. The summed E-state index contributed by atoms with van der Waals surface area (Å²) in [5.41, 5.74) is 2.37. The summed E-state index contributed by atoms with van der Waals surface area (Å²) in [6.45, 7) is 3.23. The van der Waals surface area contributed by atoms with Gasteiger partial charge >= 0.3 is 0 Å². The molecule has 0 aliphatic carbocycles. The molecule has 0 saturated heterocycles. The fraction of sp³-hybridized carbons (Fsp3) is 0.400. The van der Waals surface area contributed by atoms with Crippen LogP contribution in [0, 0.1) is 0 Å². The molecule has 0 N–H and O–H groups in total. The van der Waals surface area contributed by atoms with Crippen LogP contribution >= 0.6 is 11.8 Å². The van der Waals surface area contributed by atoms with Gasteiger partial charge in [-0.3, -0.25) is 0 Å². The van der Waals surface area contributed by atoms with Crippen molar-refractivity contribution in [2.24, 2.45) is 0 Å². The maximum Gasteiger partial charge on any atom is 0.168 e. The van der Waals surface area contributed by atoms with Crippen molar-refractivity contribution in [3.8, 4) is 17.0 Å². The lowest BCUT2D eigenvalue weighted by Gasteiger charge is -2.10. The average Bonchev–Trinajstić information content (AvgIpc) is 2.88. The molecule has 4 heteroatoms. The molecule has 102 valence electrons. The van der Waals surface area contributed by atoms with Gasteiger partial charge in [-0.25, -0.2) is 4.98 Å². The minimum absolute atomic E-state index is 0.883. The van der Waals surface area contributed by atoms with E-state index in [0.717, 1.165) is 17.5 Å². The molecule has 0 aliphatic rings. The first kappa shape index (κ1) is 14.0.